The number of fused-ring (bicyclic) bond motifs is 13. The summed E-state index contributed by atoms with van der Waals surface area (Å²) in [5.74, 6) is 0. The molecule has 0 bridgehead atoms. The van der Waals surface area contributed by atoms with Gasteiger partial charge in [0.25, 0.3) is 0 Å². The largest absolute Gasteiger partial charge is 0.456 e. The van der Waals surface area contributed by atoms with Crippen molar-refractivity contribution in [2.75, 3.05) is 0 Å². The number of hydrogen-bond donors (Lipinski definition) is 0. The molecule has 0 spiro atoms. The van der Waals surface area contributed by atoms with Crippen LogP contribution in [-0.4, -0.2) is 9.13 Å². The summed E-state index contributed by atoms with van der Waals surface area (Å²) in [6, 6.07) is 83.4. The van der Waals surface area contributed by atoms with Crippen LogP contribution in [0.4, 0.5) is 0 Å². The van der Waals surface area contributed by atoms with Gasteiger partial charge in [0.2, 0.25) is 0 Å². The summed E-state index contributed by atoms with van der Waals surface area (Å²) in [6.07, 6.45) is 0. The smallest absolute Gasteiger partial charge is 0.136 e. The first kappa shape index (κ1) is 37.1. The van der Waals surface area contributed by atoms with E-state index in [9.17, 15) is 0 Å². The van der Waals surface area contributed by atoms with Crippen molar-refractivity contribution >= 4 is 98.3 Å². The molecule has 68 heavy (non-hydrogen) atoms. The second-order valence-electron chi connectivity index (χ2n) is 18.0. The molecule has 0 fully saturated rings. The zero-order valence-electron chi connectivity index (χ0n) is 36.7. The fraction of sp³-hybridized carbons (Fsp3) is 0. The highest BCUT2D eigenvalue weighted by molar-refractivity contribution is 6.19. The molecule has 4 heterocycles. The van der Waals surface area contributed by atoms with Gasteiger partial charge in [0.05, 0.1) is 27.8 Å². The molecule has 4 heteroatoms. The fourth-order valence-corrected chi connectivity index (χ4v) is 11.1. The normalized spacial score (nSPS) is 12.1. The Bertz CT molecular complexity index is 4530. The SMILES string of the molecule is c1ccc(-c2ccc(-n3c4ccc(-c5ccc(-c6ccc(-n7c8ccccc8c8cc9oc%10ccccc%10c9cc87)c7ccccc67)cc5)cc4c4cc5oc6ccccc6c5cc43)cc2)cc1. The lowest BCUT2D eigenvalue weighted by Gasteiger charge is -2.15. The molecule has 0 aliphatic heterocycles. The molecule has 0 aliphatic carbocycles. The van der Waals surface area contributed by atoms with Gasteiger partial charge in [0.1, 0.15) is 22.3 Å². The van der Waals surface area contributed by atoms with Crippen LogP contribution in [0.2, 0.25) is 0 Å². The maximum absolute atomic E-state index is 6.47. The summed E-state index contributed by atoms with van der Waals surface area (Å²) in [6.45, 7) is 0. The highest BCUT2D eigenvalue weighted by atomic mass is 16.3. The monoisotopic (exact) mass is 866 g/mol. The average Bonchev–Trinajstić information content (AvgIpc) is 4.14. The van der Waals surface area contributed by atoms with Crippen molar-refractivity contribution in [3.8, 4) is 44.8 Å². The zero-order chi connectivity index (χ0) is 44.5. The van der Waals surface area contributed by atoms with E-state index < -0.39 is 0 Å². The van der Waals surface area contributed by atoms with Crippen LogP contribution in [-0.2, 0) is 0 Å². The third-order valence-corrected chi connectivity index (χ3v) is 14.3. The van der Waals surface area contributed by atoms with E-state index in [4.69, 9.17) is 8.83 Å². The molecule has 0 unspecified atom stereocenters. The Morgan fingerprint density at radius 2 is 0.721 bits per heavy atom. The highest BCUT2D eigenvalue weighted by Gasteiger charge is 2.20. The van der Waals surface area contributed by atoms with Crippen molar-refractivity contribution in [2.24, 2.45) is 0 Å². The van der Waals surface area contributed by atoms with Gasteiger partial charge in [-0.3, -0.25) is 0 Å². The Morgan fingerprint density at radius 3 is 1.43 bits per heavy atom. The quantitative estimate of drug-likeness (QED) is 0.173. The molecular weight excluding hydrogens is 829 g/mol. The summed E-state index contributed by atoms with van der Waals surface area (Å²) in [5.41, 5.74) is 17.6. The van der Waals surface area contributed by atoms with Crippen molar-refractivity contribution < 1.29 is 8.83 Å². The van der Waals surface area contributed by atoms with Crippen LogP contribution in [0.3, 0.4) is 0 Å². The third kappa shape index (κ3) is 5.43. The van der Waals surface area contributed by atoms with Crippen molar-refractivity contribution in [2.45, 2.75) is 0 Å². The third-order valence-electron chi connectivity index (χ3n) is 14.3. The lowest BCUT2D eigenvalue weighted by atomic mass is 9.95. The van der Waals surface area contributed by atoms with Gasteiger partial charge in [-0.2, -0.15) is 0 Å². The molecular formula is C64H38N2O2. The van der Waals surface area contributed by atoms with Crippen LogP contribution < -0.4 is 0 Å². The Hall–Kier alpha value is -9.12. The van der Waals surface area contributed by atoms with Crippen LogP contribution in [0.25, 0.3) is 143 Å². The van der Waals surface area contributed by atoms with E-state index in [0.29, 0.717) is 0 Å². The van der Waals surface area contributed by atoms with Gasteiger partial charge in [-0.15, -0.1) is 0 Å². The van der Waals surface area contributed by atoms with E-state index in [0.717, 1.165) is 82.8 Å². The van der Waals surface area contributed by atoms with Crippen LogP contribution in [0, 0.1) is 0 Å². The predicted octanol–water partition coefficient (Wildman–Crippen LogP) is 17.8. The van der Waals surface area contributed by atoms with E-state index in [2.05, 4.69) is 228 Å². The molecule has 0 N–H and O–H groups in total. The summed E-state index contributed by atoms with van der Waals surface area (Å²) in [5, 5.41) is 11.6. The number of para-hydroxylation sites is 3. The first-order chi connectivity index (χ1) is 33.7. The van der Waals surface area contributed by atoms with Gasteiger partial charge in [-0.05, 0) is 112 Å². The minimum Gasteiger partial charge on any atom is -0.456 e. The van der Waals surface area contributed by atoms with E-state index in [1.807, 2.05) is 12.1 Å². The second kappa shape index (κ2) is 14.2. The second-order valence-corrected chi connectivity index (χ2v) is 18.0. The molecule has 0 saturated carbocycles. The van der Waals surface area contributed by atoms with Crippen molar-refractivity contribution in [3.63, 3.8) is 0 Å². The van der Waals surface area contributed by atoms with Gasteiger partial charge in [-0.1, -0.05) is 158 Å². The summed E-state index contributed by atoms with van der Waals surface area (Å²) in [4.78, 5) is 0. The van der Waals surface area contributed by atoms with Crippen LogP contribution in [0.1, 0.15) is 0 Å². The predicted molar refractivity (Wildman–Crippen MR) is 283 cm³/mol. The average molecular weight is 867 g/mol. The van der Waals surface area contributed by atoms with Gasteiger partial charge in [0.15, 0.2) is 0 Å². The molecule has 0 aliphatic rings. The number of benzene rings is 11. The number of furan rings is 2. The molecule has 15 aromatic rings. The van der Waals surface area contributed by atoms with Crippen molar-refractivity contribution in [3.05, 3.63) is 231 Å². The summed E-state index contributed by atoms with van der Waals surface area (Å²) in [7, 11) is 0. The maximum Gasteiger partial charge on any atom is 0.136 e. The lowest BCUT2D eigenvalue weighted by Crippen LogP contribution is -1.96. The summed E-state index contributed by atoms with van der Waals surface area (Å²) >= 11 is 0. The maximum atomic E-state index is 6.47. The Labute approximate surface area is 389 Å². The van der Waals surface area contributed by atoms with Crippen molar-refractivity contribution in [1.29, 1.82) is 0 Å². The summed E-state index contributed by atoms with van der Waals surface area (Å²) < 4.78 is 17.7. The molecule has 4 aromatic heterocycles. The van der Waals surface area contributed by atoms with Gasteiger partial charge in [-0.25, -0.2) is 0 Å². The number of nitrogens with zero attached hydrogens (tertiary/aromatic N) is 2. The Kier molecular flexibility index (Phi) is 7.75. The lowest BCUT2D eigenvalue weighted by molar-refractivity contribution is 0.669. The molecule has 0 amide bonds. The van der Waals surface area contributed by atoms with E-state index in [-0.39, 0.29) is 0 Å². The molecule has 0 saturated heterocycles. The number of hydrogen-bond acceptors (Lipinski definition) is 2. The fourth-order valence-electron chi connectivity index (χ4n) is 11.1. The minimum atomic E-state index is 0.896. The molecule has 0 radical (unpaired) electrons. The van der Waals surface area contributed by atoms with Crippen molar-refractivity contribution in [1.82, 2.24) is 9.13 Å². The van der Waals surface area contributed by atoms with Gasteiger partial charge < -0.3 is 18.0 Å². The Morgan fingerprint density at radius 1 is 0.235 bits per heavy atom. The van der Waals surface area contributed by atoms with Crippen LogP contribution >= 0.6 is 0 Å². The van der Waals surface area contributed by atoms with E-state index in [1.165, 1.54) is 60.3 Å². The van der Waals surface area contributed by atoms with Crippen LogP contribution in [0.5, 0.6) is 0 Å². The molecule has 11 aromatic carbocycles. The molecule has 316 valence electrons. The van der Waals surface area contributed by atoms with Gasteiger partial charge in [0, 0.05) is 54.2 Å². The number of aromatic nitrogens is 2. The molecule has 0 atom stereocenters. The first-order valence-electron chi connectivity index (χ1n) is 23.2. The standard InChI is InChI=1S/C64H38N2O2/c1-2-12-39(13-3-1)40-26-29-44(30-27-40)65-58-32-28-43(34-51(58)53-38-64-54(35-59(53)65)49-17-7-10-20-61(49)68-64)41-22-24-42(25-23-41)45-31-33-57(47-15-5-4-14-46(45)47)66-56-19-9-6-16-48(56)52-37-63-55(36-60(52)66)50-18-8-11-21-62(50)67-63/h1-38H. The van der Waals surface area contributed by atoms with Gasteiger partial charge >= 0.3 is 0 Å². The topological polar surface area (TPSA) is 36.1 Å². The van der Waals surface area contributed by atoms with Crippen LogP contribution in [0.15, 0.2) is 239 Å². The molecule has 15 rings (SSSR count). The van der Waals surface area contributed by atoms with E-state index >= 15 is 0 Å². The van der Waals surface area contributed by atoms with E-state index in [1.54, 1.807) is 0 Å². The highest BCUT2D eigenvalue weighted by Crippen LogP contribution is 2.43. The minimum absolute atomic E-state index is 0.896. The number of rotatable bonds is 5. The molecule has 4 nitrogen and oxygen atoms in total. The Balaban J connectivity index is 0.850. The first-order valence-corrected chi connectivity index (χ1v) is 23.2. The zero-order valence-corrected chi connectivity index (χ0v) is 36.7.